The third-order valence-corrected chi connectivity index (χ3v) is 4.73. The maximum atomic E-state index is 13.5. The van der Waals surface area contributed by atoms with E-state index in [-0.39, 0.29) is 12.3 Å². The van der Waals surface area contributed by atoms with Crippen LogP contribution >= 0.6 is 39.5 Å². The number of carbonyl (C=O) groups is 1. The standard InChI is InChI=1S/C13H12BrFN2OS2/c1-6-3-8(14)9(15)4-10(6)17-12(18)5-11-7(2)16-13(19)20-11/h3-4H,5H2,1-2H3,(H,16,19)(H,17,18). The molecule has 1 aromatic heterocycles. The number of anilines is 1. The van der Waals surface area contributed by atoms with Crippen LogP contribution in [0.5, 0.6) is 0 Å². The zero-order valence-corrected chi connectivity index (χ0v) is 14.1. The second-order valence-corrected chi connectivity index (χ2v) is 7.00. The molecule has 0 saturated carbocycles. The number of halogens is 2. The monoisotopic (exact) mass is 374 g/mol. The second kappa shape index (κ2) is 6.15. The van der Waals surface area contributed by atoms with Gasteiger partial charge in [-0.2, -0.15) is 0 Å². The average molecular weight is 375 g/mol. The Morgan fingerprint density at radius 3 is 2.80 bits per heavy atom. The Bertz CT molecular complexity index is 724. The minimum Gasteiger partial charge on any atom is -0.341 e. The summed E-state index contributed by atoms with van der Waals surface area (Å²) in [6, 6.07) is 2.94. The van der Waals surface area contributed by atoms with Gasteiger partial charge < -0.3 is 10.3 Å². The van der Waals surface area contributed by atoms with Crippen LogP contribution in [-0.4, -0.2) is 10.9 Å². The Kier molecular flexibility index (Phi) is 4.72. The van der Waals surface area contributed by atoms with Crippen molar-refractivity contribution in [2.24, 2.45) is 0 Å². The van der Waals surface area contributed by atoms with E-state index in [1.807, 2.05) is 13.8 Å². The van der Waals surface area contributed by atoms with E-state index in [0.717, 1.165) is 16.1 Å². The zero-order valence-electron chi connectivity index (χ0n) is 10.8. The molecule has 7 heteroatoms. The topological polar surface area (TPSA) is 44.9 Å². The first-order valence-corrected chi connectivity index (χ1v) is 7.82. The fourth-order valence-electron chi connectivity index (χ4n) is 1.73. The van der Waals surface area contributed by atoms with E-state index < -0.39 is 5.82 Å². The van der Waals surface area contributed by atoms with Crippen molar-refractivity contribution in [1.82, 2.24) is 4.98 Å². The summed E-state index contributed by atoms with van der Waals surface area (Å²) >= 11 is 9.52. The molecule has 0 fully saturated rings. The van der Waals surface area contributed by atoms with E-state index in [9.17, 15) is 9.18 Å². The lowest BCUT2D eigenvalue weighted by atomic mass is 10.2. The molecule has 20 heavy (non-hydrogen) atoms. The van der Waals surface area contributed by atoms with Gasteiger partial charge in [0.05, 0.1) is 10.9 Å². The molecule has 0 aliphatic heterocycles. The van der Waals surface area contributed by atoms with E-state index in [1.165, 1.54) is 17.4 Å². The highest BCUT2D eigenvalue weighted by Gasteiger charge is 2.12. The number of aromatic amines is 1. The van der Waals surface area contributed by atoms with Crippen molar-refractivity contribution < 1.29 is 9.18 Å². The summed E-state index contributed by atoms with van der Waals surface area (Å²) in [4.78, 5) is 15.9. The molecular formula is C13H12BrFN2OS2. The predicted molar refractivity (Wildman–Crippen MR) is 85.4 cm³/mol. The minimum atomic E-state index is -0.403. The van der Waals surface area contributed by atoms with Crippen LogP contribution < -0.4 is 5.32 Å². The van der Waals surface area contributed by atoms with E-state index in [1.54, 1.807) is 6.07 Å². The highest BCUT2D eigenvalue weighted by Crippen LogP contribution is 2.24. The Morgan fingerprint density at radius 1 is 1.50 bits per heavy atom. The number of aryl methyl sites for hydroxylation is 2. The Labute approximate surface area is 133 Å². The van der Waals surface area contributed by atoms with Gasteiger partial charge in [0.25, 0.3) is 0 Å². The summed E-state index contributed by atoms with van der Waals surface area (Å²) in [6.07, 6.45) is 0.223. The van der Waals surface area contributed by atoms with Gasteiger partial charge in [0.1, 0.15) is 5.82 Å². The molecule has 1 amide bonds. The number of rotatable bonds is 3. The van der Waals surface area contributed by atoms with Crippen molar-refractivity contribution in [2.75, 3.05) is 5.32 Å². The van der Waals surface area contributed by atoms with Crippen molar-refractivity contribution in [3.8, 4) is 0 Å². The lowest BCUT2D eigenvalue weighted by molar-refractivity contribution is -0.115. The SMILES string of the molecule is Cc1cc(Br)c(F)cc1NC(=O)Cc1sc(=S)[nH]c1C. The van der Waals surface area contributed by atoms with Crippen molar-refractivity contribution in [3.63, 3.8) is 0 Å². The highest BCUT2D eigenvalue weighted by atomic mass is 79.9. The normalized spacial score (nSPS) is 10.6. The van der Waals surface area contributed by atoms with Gasteiger partial charge >= 0.3 is 0 Å². The number of hydrogen-bond acceptors (Lipinski definition) is 3. The van der Waals surface area contributed by atoms with Crippen molar-refractivity contribution in [1.29, 1.82) is 0 Å². The smallest absolute Gasteiger partial charge is 0.229 e. The molecule has 0 spiro atoms. The van der Waals surface area contributed by atoms with Gasteiger partial charge in [-0.15, -0.1) is 11.3 Å². The molecule has 2 aromatic rings. The van der Waals surface area contributed by atoms with Crippen LogP contribution in [0.15, 0.2) is 16.6 Å². The quantitative estimate of drug-likeness (QED) is 0.776. The molecule has 3 nitrogen and oxygen atoms in total. The largest absolute Gasteiger partial charge is 0.341 e. The number of hydrogen-bond donors (Lipinski definition) is 2. The maximum absolute atomic E-state index is 13.5. The number of nitrogens with one attached hydrogen (secondary N) is 2. The summed E-state index contributed by atoms with van der Waals surface area (Å²) in [5, 5.41) is 2.72. The number of H-pyrrole nitrogens is 1. The molecule has 0 radical (unpaired) electrons. The van der Waals surface area contributed by atoms with Crippen LogP contribution in [0.3, 0.4) is 0 Å². The molecule has 0 unspecified atom stereocenters. The summed E-state index contributed by atoms with van der Waals surface area (Å²) < 4.78 is 14.5. The zero-order chi connectivity index (χ0) is 14.9. The van der Waals surface area contributed by atoms with Gasteiger partial charge in [-0.1, -0.05) is 0 Å². The van der Waals surface area contributed by atoms with E-state index in [2.05, 4.69) is 26.2 Å². The van der Waals surface area contributed by atoms with Gasteiger partial charge in [-0.3, -0.25) is 4.79 Å². The third kappa shape index (κ3) is 3.53. The fraction of sp³-hybridized carbons (Fsp3) is 0.231. The summed E-state index contributed by atoms with van der Waals surface area (Å²) in [7, 11) is 0. The van der Waals surface area contributed by atoms with Gasteiger partial charge in [0.15, 0.2) is 3.95 Å². The van der Waals surface area contributed by atoms with Crippen LogP contribution in [0.2, 0.25) is 0 Å². The molecule has 106 valence electrons. The number of benzene rings is 1. The molecule has 0 aliphatic carbocycles. The van der Waals surface area contributed by atoms with Crippen molar-refractivity contribution >= 4 is 51.1 Å². The molecule has 0 bridgehead atoms. The predicted octanol–water partition coefficient (Wildman–Crippen LogP) is 4.51. The molecular weight excluding hydrogens is 363 g/mol. The minimum absolute atomic E-state index is 0.192. The maximum Gasteiger partial charge on any atom is 0.229 e. The van der Waals surface area contributed by atoms with E-state index >= 15 is 0 Å². The number of amides is 1. The fourth-order valence-corrected chi connectivity index (χ4v) is 3.47. The van der Waals surface area contributed by atoms with E-state index in [4.69, 9.17) is 12.2 Å². The molecule has 0 saturated heterocycles. The number of thiazole rings is 1. The Balaban J connectivity index is 2.14. The average Bonchev–Trinajstić information content (AvgIpc) is 2.64. The molecule has 2 N–H and O–H groups in total. The highest BCUT2D eigenvalue weighted by molar-refractivity contribution is 9.10. The lowest BCUT2D eigenvalue weighted by Crippen LogP contribution is -2.15. The Morgan fingerprint density at radius 2 is 2.20 bits per heavy atom. The lowest BCUT2D eigenvalue weighted by Gasteiger charge is -2.09. The number of aromatic nitrogens is 1. The molecule has 1 heterocycles. The van der Waals surface area contributed by atoms with Gasteiger partial charge in [-0.05, 0) is 59.7 Å². The second-order valence-electron chi connectivity index (χ2n) is 4.37. The van der Waals surface area contributed by atoms with Gasteiger partial charge in [-0.25, -0.2) is 4.39 Å². The number of carbonyl (C=O) groups excluding carboxylic acids is 1. The summed E-state index contributed by atoms with van der Waals surface area (Å²) in [5.74, 6) is -0.595. The van der Waals surface area contributed by atoms with Crippen LogP contribution in [0, 0.1) is 23.6 Å². The van der Waals surface area contributed by atoms with E-state index in [0.29, 0.717) is 14.1 Å². The third-order valence-electron chi connectivity index (χ3n) is 2.79. The first-order chi connectivity index (χ1) is 9.36. The summed E-state index contributed by atoms with van der Waals surface area (Å²) in [5.41, 5.74) is 2.17. The van der Waals surface area contributed by atoms with Gasteiger partial charge in [0, 0.05) is 16.3 Å². The van der Waals surface area contributed by atoms with Crippen molar-refractivity contribution in [2.45, 2.75) is 20.3 Å². The molecule has 2 rings (SSSR count). The van der Waals surface area contributed by atoms with Crippen molar-refractivity contribution in [3.05, 3.63) is 42.5 Å². The van der Waals surface area contributed by atoms with Crippen LogP contribution in [-0.2, 0) is 11.2 Å². The molecule has 0 atom stereocenters. The van der Waals surface area contributed by atoms with Crippen LogP contribution in [0.1, 0.15) is 16.1 Å². The summed E-state index contributed by atoms with van der Waals surface area (Å²) in [6.45, 7) is 3.69. The first kappa shape index (κ1) is 15.3. The van der Waals surface area contributed by atoms with Crippen LogP contribution in [0.4, 0.5) is 10.1 Å². The van der Waals surface area contributed by atoms with Gasteiger partial charge in [0.2, 0.25) is 5.91 Å². The molecule has 0 aliphatic rings. The van der Waals surface area contributed by atoms with Crippen LogP contribution in [0.25, 0.3) is 0 Å². The first-order valence-electron chi connectivity index (χ1n) is 5.81. The molecule has 1 aromatic carbocycles. The Hall–Kier alpha value is -1.05.